The number of likely N-dealkylation sites (tertiary alicyclic amines) is 1. The van der Waals surface area contributed by atoms with Crippen LogP contribution >= 0.6 is 0 Å². The number of methoxy groups -OCH3 is 1. The minimum Gasteiger partial charge on any atom is -0.491 e. The highest BCUT2D eigenvalue weighted by Gasteiger charge is 2.23. The van der Waals surface area contributed by atoms with Crippen LogP contribution in [-0.4, -0.2) is 46.2 Å². The van der Waals surface area contributed by atoms with Crippen molar-refractivity contribution in [2.45, 2.75) is 58.8 Å². The Bertz CT molecular complexity index is 1050. The smallest absolute Gasteiger partial charge is 0.125 e. The van der Waals surface area contributed by atoms with E-state index in [1.165, 1.54) is 11.3 Å². The first-order valence-corrected chi connectivity index (χ1v) is 11.8. The molecular formula is C27H34N4O2. The summed E-state index contributed by atoms with van der Waals surface area (Å²) in [7, 11) is 1.73. The SMILES string of the molecule is COCc1cc(CN2CCC(c3cc(-c4cncnc4)cc(C)n3)CC2)ccc1OC(C)C. The van der Waals surface area contributed by atoms with E-state index >= 15 is 0 Å². The zero-order valence-corrected chi connectivity index (χ0v) is 20.1. The van der Waals surface area contributed by atoms with Crippen LogP contribution in [0.25, 0.3) is 11.1 Å². The lowest BCUT2D eigenvalue weighted by Gasteiger charge is -2.32. The molecule has 1 saturated heterocycles. The number of aromatic nitrogens is 3. The zero-order valence-electron chi connectivity index (χ0n) is 20.1. The number of hydrogen-bond donors (Lipinski definition) is 0. The first-order valence-electron chi connectivity index (χ1n) is 11.8. The largest absolute Gasteiger partial charge is 0.491 e. The maximum absolute atomic E-state index is 5.95. The van der Waals surface area contributed by atoms with Crippen molar-refractivity contribution in [2.75, 3.05) is 20.2 Å². The Morgan fingerprint density at radius 1 is 1.03 bits per heavy atom. The summed E-state index contributed by atoms with van der Waals surface area (Å²) < 4.78 is 11.3. The Morgan fingerprint density at radius 3 is 2.48 bits per heavy atom. The molecule has 33 heavy (non-hydrogen) atoms. The molecule has 6 nitrogen and oxygen atoms in total. The molecule has 1 aliphatic heterocycles. The van der Waals surface area contributed by atoms with Crippen molar-refractivity contribution in [3.8, 4) is 16.9 Å². The van der Waals surface area contributed by atoms with Crippen LogP contribution in [0.1, 0.15) is 55.1 Å². The maximum Gasteiger partial charge on any atom is 0.125 e. The van der Waals surface area contributed by atoms with Gasteiger partial charge in [-0.15, -0.1) is 0 Å². The van der Waals surface area contributed by atoms with E-state index in [0.717, 1.165) is 60.6 Å². The lowest BCUT2D eigenvalue weighted by atomic mass is 9.91. The lowest BCUT2D eigenvalue weighted by Crippen LogP contribution is -2.32. The highest BCUT2D eigenvalue weighted by Crippen LogP contribution is 2.31. The summed E-state index contributed by atoms with van der Waals surface area (Å²) in [6, 6.07) is 10.8. The van der Waals surface area contributed by atoms with Crippen molar-refractivity contribution in [1.29, 1.82) is 0 Å². The molecule has 1 fully saturated rings. The van der Waals surface area contributed by atoms with Crippen LogP contribution in [0.3, 0.4) is 0 Å². The third-order valence-electron chi connectivity index (χ3n) is 6.07. The van der Waals surface area contributed by atoms with E-state index in [9.17, 15) is 0 Å². The molecule has 0 unspecified atom stereocenters. The molecule has 0 aliphatic carbocycles. The van der Waals surface area contributed by atoms with Gasteiger partial charge >= 0.3 is 0 Å². The van der Waals surface area contributed by atoms with E-state index in [-0.39, 0.29) is 6.10 Å². The van der Waals surface area contributed by atoms with E-state index in [2.05, 4.69) is 52.1 Å². The quantitative estimate of drug-likeness (QED) is 0.476. The van der Waals surface area contributed by atoms with Crippen molar-refractivity contribution in [2.24, 2.45) is 0 Å². The molecule has 0 saturated carbocycles. The summed E-state index contributed by atoms with van der Waals surface area (Å²) in [5, 5.41) is 0. The molecule has 174 valence electrons. The number of benzene rings is 1. The Kier molecular flexibility index (Phi) is 7.68. The normalized spacial score (nSPS) is 15.2. The predicted molar refractivity (Wildman–Crippen MR) is 130 cm³/mol. The zero-order chi connectivity index (χ0) is 23.2. The van der Waals surface area contributed by atoms with Gasteiger partial charge in [-0.25, -0.2) is 9.97 Å². The number of piperidine rings is 1. The van der Waals surface area contributed by atoms with Gasteiger partial charge in [0.1, 0.15) is 12.1 Å². The minimum atomic E-state index is 0.149. The first kappa shape index (κ1) is 23.3. The van der Waals surface area contributed by atoms with E-state index in [1.54, 1.807) is 13.4 Å². The molecule has 3 heterocycles. The maximum atomic E-state index is 5.95. The summed E-state index contributed by atoms with van der Waals surface area (Å²) in [5.41, 5.74) is 6.83. The number of aryl methyl sites for hydroxylation is 1. The second-order valence-electron chi connectivity index (χ2n) is 9.14. The van der Waals surface area contributed by atoms with Gasteiger partial charge in [-0.05, 0) is 82.1 Å². The van der Waals surface area contributed by atoms with Crippen molar-refractivity contribution in [3.63, 3.8) is 0 Å². The molecule has 2 aromatic heterocycles. The molecule has 0 N–H and O–H groups in total. The molecule has 0 spiro atoms. The molecule has 0 bridgehead atoms. The van der Waals surface area contributed by atoms with Crippen molar-refractivity contribution >= 4 is 0 Å². The first-order chi connectivity index (χ1) is 16.0. The van der Waals surface area contributed by atoms with Crippen LogP contribution < -0.4 is 4.74 Å². The molecule has 4 rings (SSSR count). The van der Waals surface area contributed by atoms with Gasteiger partial charge in [0.05, 0.1) is 12.7 Å². The Labute approximate surface area is 197 Å². The van der Waals surface area contributed by atoms with Gasteiger partial charge in [0.2, 0.25) is 0 Å². The Balaban J connectivity index is 1.40. The summed E-state index contributed by atoms with van der Waals surface area (Å²) in [4.78, 5) is 15.7. The Hall–Kier alpha value is -2.83. The van der Waals surface area contributed by atoms with Crippen LogP contribution in [0.5, 0.6) is 5.75 Å². The van der Waals surface area contributed by atoms with Gasteiger partial charge in [-0.3, -0.25) is 9.88 Å². The van der Waals surface area contributed by atoms with Crippen LogP contribution in [-0.2, 0) is 17.9 Å². The van der Waals surface area contributed by atoms with Gasteiger partial charge in [0, 0.05) is 54.5 Å². The molecule has 0 atom stereocenters. The highest BCUT2D eigenvalue weighted by molar-refractivity contribution is 5.62. The van der Waals surface area contributed by atoms with Crippen molar-refractivity contribution in [1.82, 2.24) is 19.9 Å². The average molecular weight is 447 g/mol. The van der Waals surface area contributed by atoms with Gasteiger partial charge in [-0.2, -0.15) is 0 Å². The number of pyridine rings is 1. The van der Waals surface area contributed by atoms with Gasteiger partial charge in [0.25, 0.3) is 0 Å². The van der Waals surface area contributed by atoms with Crippen LogP contribution in [0.4, 0.5) is 0 Å². The third kappa shape index (κ3) is 6.15. The van der Waals surface area contributed by atoms with Crippen LogP contribution in [0, 0.1) is 6.92 Å². The summed E-state index contributed by atoms with van der Waals surface area (Å²) in [6.07, 6.45) is 7.67. The second-order valence-corrected chi connectivity index (χ2v) is 9.14. The summed E-state index contributed by atoms with van der Waals surface area (Å²) >= 11 is 0. The molecule has 1 aromatic carbocycles. The fourth-order valence-electron chi connectivity index (χ4n) is 4.53. The Morgan fingerprint density at radius 2 is 1.79 bits per heavy atom. The van der Waals surface area contributed by atoms with E-state index in [4.69, 9.17) is 14.5 Å². The van der Waals surface area contributed by atoms with Crippen molar-refractivity contribution in [3.05, 3.63) is 71.6 Å². The van der Waals surface area contributed by atoms with Crippen LogP contribution in [0.15, 0.2) is 49.1 Å². The lowest BCUT2D eigenvalue weighted by molar-refractivity contribution is 0.174. The van der Waals surface area contributed by atoms with Gasteiger partial charge in [0.15, 0.2) is 0 Å². The van der Waals surface area contributed by atoms with E-state index in [0.29, 0.717) is 12.5 Å². The minimum absolute atomic E-state index is 0.149. The third-order valence-corrected chi connectivity index (χ3v) is 6.07. The number of hydrogen-bond acceptors (Lipinski definition) is 6. The molecule has 0 amide bonds. The second kappa shape index (κ2) is 10.9. The molecule has 3 aromatic rings. The van der Waals surface area contributed by atoms with Gasteiger partial charge < -0.3 is 9.47 Å². The van der Waals surface area contributed by atoms with Crippen molar-refractivity contribution < 1.29 is 9.47 Å². The van der Waals surface area contributed by atoms with Gasteiger partial charge in [-0.1, -0.05) is 6.07 Å². The number of ether oxygens (including phenoxy) is 2. The average Bonchev–Trinajstić information content (AvgIpc) is 2.81. The standard InChI is InChI=1S/C27H34N4O2/c1-19(2)33-27-6-5-21(12-24(27)17-32-4)16-31-9-7-22(8-10-31)26-13-23(11-20(3)30-26)25-14-28-18-29-15-25/h5-6,11-15,18-19,22H,7-10,16-17H2,1-4H3. The fraction of sp³-hybridized carbons (Fsp3) is 0.444. The number of nitrogens with zero attached hydrogens (tertiary/aromatic N) is 4. The topological polar surface area (TPSA) is 60.4 Å². The predicted octanol–water partition coefficient (Wildman–Crippen LogP) is 5.16. The molecule has 1 aliphatic rings. The fourth-order valence-corrected chi connectivity index (χ4v) is 4.53. The van der Waals surface area contributed by atoms with Crippen LogP contribution in [0.2, 0.25) is 0 Å². The molecular weight excluding hydrogens is 412 g/mol. The number of rotatable bonds is 8. The molecule has 6 heteroatoms. The highest BCUT2D eigenvalue weighted by atomic mass is 16.5. The summed E-state index contributed by atoms with van der Waals surface area (Å²) in [5.74, 6) is 1.40. The van der Waals surface area contributed by atoms with E-state index < -0.39 is 0 Å². The summed E-state index contributed by atoms with van der Waals surface area (Å²) in [6.45, 7) is 9.80. The van der Waals surface area contributed by atoms with E-state index in [1.807, 2.05) is 26.2 Å². The molecule has 0 radical (unpaired) electrons. The monoisotopic (exact) mass is 446 g/mol.